The van der Waals surface area contributed by atoms with E-state index in [9.17, 15) is 9.90 Å². The van der Waals surface area contributed by atoms with E-state index in [0.29, 0.717) is 25.6 Å². The Morgan fingerprint density at radius 2 is 1.88 bits per heavy atom. The Morgan fingerprint density at radius 1 is 1.16 bits per heavy atom. The van der Waals surface area contributed by atoms with Crippen molar-refractivity contribution in [3.05, 3.63) is 34.9 Å². The molecule has 0 unspecified atom stereocenters. The number of halogens is 1. The molecule has 0 radical (unpaired) electrons. The van der Waals surface area contributed by atoms with E-state index < -0.39 is 11.6 Å². The molecule has 2 heterocycles. The number of nitrogens with zero attached hydrogens (tertiary/aromatic N) is 2. The number of amides is 1. The van der Waals surface area contributed by atoms with Crippen LogP contribution in [0, 0.1) is 0 Å². The van der Waals surface area contributed by atoms with E-state index in [0.717, 1.165) is 36.4 Å². The monoisotopic (exact) mass is 362 g/mol. The Bertz CT molecular complexity index is 629. The fraction of sp³-hybridized carbons (Fsp3) is 0.650. The molecule has 4 rings (SSSR count). The first-order chi connectivity index (χ1) is 12.1. The minimum atomic E-state index is -0.503. The molecule has 3 aliphatic rings. The molecule has 1 amide bonds. The van der Waals surface area contributed by atoms with Crippen molar-refractivity contribution in [1.29, 1.82) is 0 Å². The zero-order valence-electron chi connectivity index (χ0n) is 14.7. The summed E-state index contributed by atoms with van der Waals surface area (Å²) in [6.45, 7) is 2.11. The van der Waals surface area contributed by atoms with Crippen molar-refractivity contribution < 1.29 is 9.90 Å². The summed E-state index contributed by atoms with van der Waals surface area (Å²) in [7, 11) is 0. The van der Waals surface area contributed by atoms with Gasteiger partial charge in [0.2, 0.25) is 5.91 Å². The third kappa shape index (κ3) is 3.20. The van der Waals surface area contributed by atoms with E-state index in [1.54, 1.807) is 0 Å². The van der Waals surface area contributed by atoms with Crippen LogP contribution in [-0.4, -0.2) is 51.6 Å². The number of rotatable bonds is 3. The smallest absolute Gasteiger partial charge is 0.243 e. The summed E-state index contributed by atoms with van der Waals surface area (Å²) >= 11 is 5.99. The molecular formula is C20H27ClN2O2. The van der Waals surface area contributed by atoms with Crippen LogP contribution in [0.5, 0.6) is 0 Å². The quantitative estimate of drug-likeness (QED) is 0.897. The number of carbonyl (C=O) groups excluding carboxylic acids is 1. The number of likely N-dealkylation sites (tertiary alicyclic amines) is 2. The molecule has 1 N–H and O–H groups in total. The summed E-state index contributed by atoms with van der Waals surface area (Å²) in [6, 6.07) is 8.22. The van der Waals surface area contributed by atoms with E-state index >= 15 is 0 Å². The molecule has 1 aromatic carbocycles. The Labute approximate surface area is 154 Å². The average Bonchev–Trinajstić information content (AvgIpc) is 3.11. The summed E-state index contributed by atoms with van der Waals surface area (Å²) in [5.74, 6) is 0.255. The first-order valence-electron chi connectivity index (χ1n) is 9.57. The van der Waals surface area contributed by atoms with Gasteiger partial charge in [0, 0.05) is 37.1 Å². The van der Waals surface area contributed by atoms with Crippen LogP contribution in [0.25, 0.3) is 0 Å². The van der Waals surface area contributed by atoms with E-state index in [2.05, 4.69) is 9.80 Å². The molecule has 4 nitrogen and oxygen atoms in total. The van der Waals surface area contributed by atoms with Crippen LogP contribution < -0.4 is 0 Å². The summed E-state index contributed by atoms with van der Waals surface area (Å²) in [6.07, 6.45) is 7.04. The van der Waals surface area contributed by atoms with Gasteiger partial charge in [0.05, 0.1) is 6.10 Å². The van der Waals surface area contributed by atoms with E-state index in [4.69, 9.17) is 11.6 Å². The fourth-order valence-electron chi connectivity index (χ4n) is 5.04. The minimum absolute atomic E-state index is 0.255. The van der Waals surface area contributed by atoms with Gasteiger partial charge in [0.25, 0.3) is 0 Å². The molecule has 0 aromatic heterocycles. The van der Waals surface area contributed by atoms with Gasteiger partial charge >= 0.3 is 0 Å². The number of hydrogen-bond acceptors (Lipinski definition) is 3. The van der Waals surface area contributed by atoms with Crippen molar-refractivity contribution in [3.8, 4) is 0 Å². The van der Waals surface area contributed by atoms with E-state index in [1.165, 1.54) is 19.3 Å². The number of hydrogen-bond donors (Lipinski definition) is 1. The highest BCUT2D eigenvalue weighted by molar-refractivity contribution is 6.30. The van der Waals surface area contributed by atoms with Gasteiger partial charge < -0.3 is 10.0 Å². The van der Waals surface area contributed by atoms with Crippen LogP contribution in [0.1, 0.15) is 50.5 Å². The molecule has 1 aliphatic carbocycles. The van der Waals surface area contributed by atoms with Gasteiger partial charge in [-0.25, -0.2) is 0 Å². The average molecular weight is 363 g/mol. The fourth-order valence-corrected chi connectivity index (χ4v) is 5.17. The van der Waals surface area contributed by atoms with Gasteiger partial charge in [-0.15, -0.1) is 0 Å². The first-order valence-corrected chi connectivity index (χ1v) is 9.95. The summed E-state index contributed by atoms with van der Waals surface area (Å²) in [4.78, 5) is 17.7. The van der Waals surface area contributed by atoms with Gasteiger partial charge in [0.1, 0.15) is 5.54 Å². The molecule has 1 aromatic rings. The number of β-amino-alcohol motifs (C(OH)–C–C–N with tert-alkyl or cyclic N) is 1. The normalized spacial score (nSPS) is 31.4. The van der Waals surface area contributed by atoms with Crippen LogP contribution in [0.3, 0.4) is 0 Å². The van der Waals surface area contributed by atoms with Gasteiger partial charge in [0.15, 0.2) is 0 Å². The highest BCUT2D eigenvalue weighted by Crippen LogP contribution is 2.42. The van der Waals surface area contributed by atoms with Gasteiger partial charge in [-0.1, -0.05) is 43.0 Å². The van der Waals surface area contributed by atoms with Crippen molar-refractivity contribution in [1.82, 2.24) is 9.80 Å². The molecule has 2 atom stereocenters. The van der Waals surface area contributed by atoms with Crippen LogP contribution in [-0.2, 0) is 11.3 Å². The largest absolute Gasteiger partial charge is 0.392 e. The lowest BCUT2D eigenvalue weighted by molar-refractivity contribution is -0.139. The Kier molecular flexibility index (Phi) is 4.78. The molecular weight excluding hydrogens is 336 g/mol. The van der Waals surface area contributed by atoms with Crippen molar-refractivity contribution in [3.63, 3.8) is 0 Å². The van der Waals surface area contributed by atoms with Gasteiger partial charge in [-0.3, -0.25) is 9.69 Å². The van der Waals surface area contributed by atoms with Crippen molar-refractivity contribution in [2.75, 3.05) is 13.1 Å². The van der Waals surface area contributed by atoms with E-state index in [1.807, 2.05) is 24.3 Å². The van der Waals surface area contributed by atoms with Gasteiger partial charge in [-0.2, -0.15) is 0 Å². The summed E-state index contributed by atoms with van der Waals surface area (Å²) < 4.78 is 0. The second-order valence-corrected chi connectivity index (χ2v) is 8.37. The maximum atomic E-state index is 13.4. The van der Waals surface area contributed by atoms with Gasteiger partial charge in [-0.05, 0) is 37.0 Å². The second kappa shape index (κ2) is 6.90. The topological polar surface area (TPSA) is 43.8 Å². The highest BCUT2D eigenvalue weighted by atomic mass is 35.5. The minimum Gasteiger partial charge on any atom is -0.392 e. The highest BCUT2D eigenvalue weighted by Gasteiger charge is 2.56. The summed E-state index contributed by atoms with van der Waals surface area (Å²) in [5, 5.41) is 11.1. The number of aliphatic hydroxyl groups excluding tert-OH is 1. The molecule has 3 fully saturated rings. The predicted molar refractivity (Wildman–Crippen MR) is 98.4 cm³/mol. The standard InChI is InChI=1S/C20H27ClN2O2/c21-16-8-6-15(7-9-16)13-22-14-18(24)12-20(22)10-11-23(19(20)25)17-4-2-1-3-5-17/h6-9,17-18,24H,1-5,10-14H2/t18-,20+/m1/s1. The molecule has 2 aliphatic heterocycles. The molecule has 25 heavy (non-hydrogen) atoms. The Morgan fingerprint density at radius 3 is 2.60 bits per heavy atom. The van der Waals surface area contributed by atoms with E-state index in [-0.39, 0.29) is 5.91 Å². The SMILES string of the molecule is O=C1N(C2CCCCC2)CC[C@]12C[C@@H](O)CN2Cc1ccc(Cl)cc1. The molecule has 1 spiro atoms. The third-order valence-corrected chi connectivity index (χ3v) is 6.59. The third-order valence-electron chi connectivity index (χ3n) is 6.34. The Hall–Kier alpha value is -1.10. The lowest BCUT2D eigenvalue weighted by atomic mass is 9.92. The van der Waals surface area contributed by atoms with Crippen LogP contribution >= 0.6 is 11.6 Å². The number of aliphatic hydroxyl groups is 1. The maximum absolute atomic E-state index is 13.4. The molecule has 136 valence electrons. The predicted octanol–water partition coefficient (Wildman–Crippen LogP) is 3.21. The van der Waals surface area contributed by atoms with Crippen molar-refractivity contribution in [2.24, 2.45) is 0 Å². The van der Waals surface area contributed by atoms with Crippen LogP contribution in [0.4, 0.5) is 0 Å². The molecule has 2 saturated heterocycles. The molecule has 1 saturated carbocycles. The van der Waals surface area contributed by atoms with Crippen molar-refractivity contribution in [2.45, 2.75) is 69.2 Å². The first kappa shape index (κ1) is 17.3. The lowest BCUT2D eigenvalue weighted by Gasteiger charge is -2.36. The number of carbonyl (C=O) groups is 1. The second-order valence-electron chi connectivity index (χ2n) is 7.94. The molecule has 5 heteroatoms. The zero-order valence-corrected chi connectivity index (χ0v) is 15.4. The zero-order chi connectivity index (χ0) is 17.4. The van der Waals surface area contributed by atoms with Crippen molar-refractivity contribution >= 4 is 17.5 Å². The Balaban J connectivity index is 1.53. The lowest BCUT2D eigenvalue weighted by Crippen LogP contribution is -2.51. The summed E-state index contributed by atoms with van der Waals surface area (Å²) in [5.41, 5.74) is 0.637. The molecule has 0 bridgehead atoms. The maximum Gasteiger partial charge on any atom is 0.243 e. The van der Waals surface area contributed by atoms with Crippen LogP contribution in [0.15, 0.2) is 24.3 Å². The van der Waals surface area contributed by atoms with Crippen LogP contribution in [0.2, 0.25) is 5.02 Å². The number of benzene rings is 1.